The van der Waals surface area contributed by atoms with Gasteiger partial charge in [-0.05, 0) is 99.2 Å². The van der Waals surface area contributed by atoms with E-state index < -0.39 is 0 Å². The van der Waals surface area contributed by atoms with Crippen LogP contribution in [-0.4, -0.2) is 29.9 Å². The van der Waals surface area contributed by atoms with Crippen LogP contribution in [0.1, 0.15) is 47.6 Å². The summed E-state index contributed by atoms with van der Waals surface area (Å²) >= 11 is 0. The van der Waals surface area contributed by atoms with Crippen molar-refractivity contribution < 1.29 is 19.3 Å². The average molecular weight is 540 g/mol. The van der Waals surface area contributed by atoms with Crippen molar-refractivity contribution in [2.45, 2.75) is 59.0 Å². The second kappa shape index (κ2) is 12.3. The van der Waals surface area contributed by atoms with E-state index in [-0.39, 0.29) is 24.0 Å². The predicted molar refractivity (Wildman–Crippen MR) is 155 cm³/mol. The Labute approximate surface area is 231 Å². The molecule has 0 saturated heterocycles. The second-order valence-corrected chi connectivity index (χ2v) is 9.95. The summed E-state index contributed by atoms with van der Waals surface area (Å²) in [4.78, 5) is 4.00. The van der Waals surface area contributed by atoms with Gasteiger partial charge in [-0.25, -0.2) is 4.99 Å². The number of rotatable bonds is 9. The molecule has 0 spiro atoms. The van der Waals surface area contributed by atoms with E-state index >= 15 is 0 Å². The number of halogens is 1. The lowest BCUT2D eigenvalue weighted by molar-refractivity contribution is 0.0411. The van der Waals surface area contributed by atoms with Crippen LogP contribution in [0.3, 0.4) is 0 Å². The van der Waals surface area contributed by atoms with Crippen LogP contribution in [-0.2, 0) is 12.8 Å². The highest BCUT2D eigenvalue weighted by Gasteiger charge is 2.34. The minimum absolute atomic E-state index is 0. The number of aliphatic imine (C=N–C) groups is 1. The summed E-state index contributed by atoms with van der Waals surface area (Å²) in [5, 5.41) is 10.4. The molecule has 0 fully saturated rings. The quantitative estimate of drug-likeness (QED) is 0.233. The molecule has 0 aliphatic carbocycles. The first kappa shape index (κ1) is 29.0. The number of guanidine groups is 1. The Kier molecular flexibility index (Phi) is 9.39. The number of aromatic hydroxyl groups is 1. The minimum Gasteiger partial charge on any atom is -0.507 e. The Balaban J connectivity index is 0.00000400. The normalized spacial score (nSPS) is 16.0. The molecular weight excluding hydrogens is 502 g/mol. The number of hydrogen-bond acceptors (Lipinski definition) is 5. The zero-order chi connectivity index (χ0) is 26.6. The molecular formula is C30H38ClN3O4. The van der Waals surface area contributed by atoms with Gasteiger partial charge in [0.15, 0.2) is 5.96 Å². The second-order valence-electron chi connectivity index (χ2n) is 9.95. The van der Waals surface area contributed by atoms with Gasteiger partial charge in [0.1, 0.15) is 28.6 Å². The summed E-state index contributed by atoms with van der Waals surface area (Å²) < 4.78 is 18.4. The Morgan fingerprint density at radius 2 is 1.53 bits per heavy atom. The largest absolute Gasteiger partial charge is 0.507 e. The third-order valence-corrected chi connectivity index (χ3v) is 7.17. The molecule has 7 nitrogen and oxygen atoms in total. The maximum atomic E-state index is 10.4. The molecule has 5 N–H and O–H groups in total. The Bertz CT molecular complexity index is 1270. The van der Waals surface area contributed by atoms with E-state index in [4.69, 9.17) is 25.7 Å². The van der Waals surface area contributed by atoms with E-state index in [2.05, 4.69) is 24.0 Å². The summed E-state index contributed by atoms with van der Waals surface area (Å²) in [5.74, 6) is 2.96. The van der Waals surface area contributed by atoms with Crippen LogP contribution >= 0.6 is 12.4 Å². The Morgan fingerprint density at radius 1 is 0.921 bits per heavy atom. The molecule has 4 rings (SSSR count). The van der Waals surface area contributed by atoms with E-state index in [9.17, 15) is 5.11 Å². The molecule has 0 aromatic heterocycles. The molecule has 1 aliphatic rings. The number of benzene rings is 3. The molecule has 1 atom stereocenters. The molecule has 0 amide bonds. The molecule has 3 aromatic rings. The van der Waals surface area contributed by atoms with Gasteiger partial charge in [-0.2, -0.15) is 0 Å². The fraction of sp³-hybridized carbons (Fsp3) is 0.367. The maximum absolute atomic E-state index is 10.4. The van der Waals surface area contributed by atoms with E-state index in [1.54, 1.807) is 0 Å². The smallest absolute Gasteiger partial charge is 0.191 e. The number of fused-ring (bicyclic) bond motifs is 1. The zero-order valence-electron chi connectivity index (χ0n) is 22.5. The van der Waals surface area contributed by atoms with Gasteiger partial charge >= 0.3 is 0 Å². The van der Waals surface area contributed by atoms with Gasteiger partial charge in [-0.1, -0.05) is 12.1 Å². The van der Waals surface area contributed by atoms with Crippen molar-refractivity contribution in [1.82, 2.24) is 0 Å². The highest BCUT2D eigenvalue weighted by Crippen LogP contribution is 2.44. The van der Waals surface area contributed by atoms with Crippen molar-refractivity contribution in [3.8, 4) is 23.0 Å². The van der Waals surface area contributed by atoms with Crippen LogP contribution in [0.15, 0.2) is 53.5 Å². The van der Waals surface area contributed by atoms with Crippen molar-refractivity contribution in [1.29, 1.82) is 0 Å². The van der Waals surface area contributed by atoms with Crippen molar-refractivity contribution in [2.75, 3.05) is 13.2 Å². The fourth-order valence-electron chi connectivity index (χ4n) is 4.66. The lowest BCUT2D eigenvalue weighted by atomic mass is 9.86. The van der Waals surface area contributed by atoms with Crippen LogP contribution in [0, 0.1) is 20.8 Å². The monoisotopic (exact) mass is 539 g/mol. The highest BCUT2D eigenvalue weighted by atomic mass is 35.5. The molecule has 38 heavy (non-hydrogen) atoms. The fourth-order valence-corrected chi connectivity index (χ4v) is 4.66. The van der Waals surface area contributed by atoms with Gasteiger partial charge in [-0.3, -0.25) is 0 Å². The number of phenolic OH excluding ortho intramolecular Hbond substituents is 1. The van der Waals surface area contributed by atoms with Gasteiger partial charge < -0.3 is 30.8 Å². The van der Waals surface area contributed by atoms with Gasteiger partial charge in [-0.15, -0.1) is 12.4 Å². The van der Waals surface area contributed by atoms with Gasteiger partial charge in [0.05, 0.1) is 18.9 Å². The summed E-state index contributed by atoms with van der Waals surface area (Å²) in [7, 11) is 0. The standard InChI is InChI=1S/C30H37N3O4.ClH/c1-19-20(2)28-26(21(3)27(19)34)13-15-30(4,37-28)16-18-36-24-9-5-22(6-10-24)14-17-35-25-11-7-23(8-12-25)33-29(31)32;/h5-12,34H,13-18H2,1-4H3,(H4,31,32,33);1H. The third-order valence-electron chi connectivity index (χ3n) is 7.17. The molecule has 1 heterocycles. The number of hydrogen-bond donors (Lipinski definition) is 3. The van der Waals surface area contributed by atoms with Crippen LogP contribution < -0.4 is 25.7 Å². The van der Waals surface area contributed by atoms with Crippen molar-refractivity contribution >= 4 is 24.1 Å². The molecule has 1 unspecified atom stereocenters. The third kappa shape index (κ3) is 6.84. The van der Waals surface area contributed by atoms with Crippen LogP contribution in [0.5, 0.6) is 23.0 Å². The average Bonchev–Trinajstić information content (AvgIpc) is 2.88. The SMILES string of the molecule is Cc1c(C)c2c(c(C)c1O)CCC(C)(CCOc1ccc(CCOc3ccc(N=C(N)N)cc3)cc1)O2.Cl. The Hall–Kier alpha value is -3.58. The van der Waals surface area contributed by atoms with E-state index in [1.165, 1.54) is 5.56 Å². The first-order valence-corrected chi connectivity index (χ1v) is 12.7. The van der Waals surface area contributed by atoms with E-state index in [0.29, 0.717) is 24.7 Å². The number of nitrogens with two attached hydrogens (primary N) is 2. The summed E-state index contributed by atoms with van der Waals surface area (Å²) in [5.41, 5.74) is 16.3. The van der Waals surface area contributed by atoms with Crippen molar-refractivity contribution in [2.24, 2.45) is 16.5 Å². The van der Waals surface area contributed by atoms with Gasteiger partial charge in [0, 0.05) is 18.4 Å². The van der Waals surface area contributed by atoms with Crippen molar-refractivity contribution in [3.05, 3.63) is 76.3 Å². The Morgan fingerprint density at radius 3 is 2.16 bits per heavy atom. The number of nitrogens with zero attached hydrogens (tertiary/aromatic N) is 1. The zero-order valence-corrected chi connectivity index (χ0v) is 23.4. The molecule has 8 heteroatoms. The summed E-state index contributed by atoms with van der Waals surface area (Å²) in [6.07, 6.45) is 3.35. The first-order chi connectivity index (χ1) is 17.6. The molecule has 0 bridgehead atoms. The van der Waals surface area contributed by atoms with Crippen LogP contribution in [0.2, 0.25) is 0 Å². The highest BCUT2D eigenvalue weighted by molar-refractivity contribution is 5.85. The van der Waals surface area contributed by atoms with Crippen LogP contribution in [0.4, 0.5) is 5.69 Å². The predicted octanol–water partition coefficient (Wildman–Crippen LogP) is 5.82. The van der Waals surface area contributed by atoms with Crippen LogP contribution in [0.25, 0.3) is 0 Å². The molecule has 0 radical (unpaired) electrons. The summed E-state index contributed by atoms with van der Waals surface area (Å²) in [6.45, 7) is 9.22. The molecule has 1 aliphatic heterocycles. The molecule has 0 saturated carbocycles. The topological polar surface area (TPSA) is 112 Å². The van der Waals surface area contributed by atoms with Gasteiger partial charge in [0.2, 0.25) is 0 Å². The lowest BCUT2D eigenvalue weighted by Gasteiger charge is -2.38. The van der Waals surface area contributed by atoms with Gasteiger partial charge in [0.25, 0.3) is 0 Å². The van der Waals surface area contributed by atoms with E-state index in [0.717, 1.165) is 65.2 Å². The van der Waals surface area contributed by atoms with E-state index in [1.807, 2.05) is 57.2 Å². The number of ether oxygens (including phenoxy) is 3. The first-order valence-electron chi connectivity index (χ1n) is 12.7. The lowest BCUT2D eigenvalue weighted by Crippen LogP contribution is -2.38. The molecule has 204 valence electrons. The summed E-state index contributed by atoms with van der Waals surface area (Å²) in [6, 6.07) is 15.5. The maximum Gasteiger partial charge on any atom is 0.191 e. The molecule has 3 aromatic carbocycles. The number of phenols is 1. The van der Waals surface area contributed by atoms with Crippen molar-refractivity contribution in [3.63, 3.8) is 0 Å². The minimum atomic E-state index is -0.299.